The van der Waals surface area contributed by atoms with Crippen LogP contribution < -0.4 is 0 Å². The first-order chi connectivity index (χ1) is 8.89. The average Bonchev–Trinajstić information content (AvgIpc) is 2.84. The number of benzene rings is 1. The maximum atomic E-state index is 13.3. The van der Waals surface area contributed by atoms with Crippen molar-refractivity contribution in [3.8, 4) is 11.1 Å². The van der Waals surface area contributed by atoms with Crippen LogP contribution in [-0.2, 0) is 6.18 Å². The number of H-pyrrole nitrogens is 1. The second kappa shape index (κ2) is 5.86. The zero-order valence-corrected chi connectivity index (χ0v) is 10.8. The highest BCUT2D eigenvalue weighted by atomic mass is 19.4. The predicted octanol–water partition coefficient (Wildman–Crippen LogP) is 4.57. The van der Waals surface area contributed by atoms with E-state index in [4.69, 9.17) is 0 Å². The Morgan fingerprint density at radius 1 is 1.16 bits per heavy atom. The Hall–Kier alpha value is -1.85. The largest absolute Gasteiger partial charge is 0.433 e. The SMILES string of the molecule is CC.Cc1ccc(-c2cn[nH]c2C(F)(F)F)cc1F. The van der Waals surface area contributed by atoms with Crippen molar-refractivity contribution in [1.29, 1.82) is 0 Å². The number of rotatable bonds is 1. The molecule has 6 heteroatoms. The van der Waals surface area contributed by atoms with Gasteiger partial charge in [0.25, 0.3) is 0 Å². The van der Waals surface area contributed by atoms with Crippen LogP contribution >= 0.6 is 0 Å². The maximum absolute atomic E-state index is 13.3. The summed E-state index contributed by atoms with van der Waals surface area (Å²) in [6.07, 6.45) is -3.50. The summed E-state index contributed by atoms with van der Waals surface area (Å²) in [5, 5.41) is 5.23. The van der Waals surface area contributed by atoms with Gasteiger partial charge in [-0.15, -0.1) is 0 Å². The van der Waals surface area contributed by atoms with E-state index in [1.807, 2.05) is 18.9 Å². The zero-order chi connectivity index (χ0) is 14.6. The van der Waals surface area contributed by atoms with Gasteiger partial charge in [-0.05, 0) is 24.1 Å². The Morgan fingerprint density at radius 2 is 1.79 bits per heavy atom. The summed E-state index contributed by atoms with van der Waals surface area (Å²) < 4.78 is 51.0. The first-order valence-electron chi connectivity index (χ1n) is 5.76. The number of aryl methyl sites for hydroxylation is 1. The number of nitrogens with zero attached hydrogens (tertiary/aromatic N) is 1. The van der Waals surface area contributed by atoms with E-state index in [-0.39, 0.29) is 11.1 Å². The van der Waals surface area contributed by atoms with Crippen molar-refractivity contribution < 1.29 is 17.6 Å². The molecule has 1 N–H and O–H groups in total. The van der Waals surface area contributed by atoms with E-state index < -0.39 is 17.7 Å². The highest BCUT2D eigenvalue weighted by Gasteiger charge is 2.35. The fourth-order valence-corrected chi connectivity index (χ4v) is 1.48. The van der Waals surface area contributed by atoms with Gasteiger partial charge >= 0.3 is 6.18 Å². The number of nitrogens with one attached hydrogen (secondary N) is 1. The van der Waals surface area contributed by atoms with Gasteiger partial charge in [0.2, 0.25) is 0 Å². The van der Waals surface area contributed by atoms with Gasteiger partial charge in [-0.2, -0.15) is 18.3 Å². The molecule has 2 rings (SSSR count). The van der Waals surface area contributed by atoms with Crippen molar-refractivity contribution in [2.75, 3.05) is 0 Å². The molecule has 0 spiro atoms. The van der Waals surface area contributed by atoms with Crippen LogP contribution in [0.3, 0.4) is 0 Å². The lowest BCUT2D eigenvalue weighted by atomic mass is 10.0. The molecule has 0 aliphatic carbocycles. The van der Waals surface area contributed by atoms with Gasteiger partial charge in [0.15, 0.2) is 0 Å². The quantitative estimate of drug-likeness (QED) is 0.758. The molecular weight excluding hydrogens is 260 g/mol. The van der Waals surface area contributed by atoms with Crippen molar-refractivity contribution in [3.05, 3.63) is 41.5 Å². The van der Waals surface area contributed by atoms with Crippen molar-refractivity contribution >= 4 is 0 Å². The van der Waals surface area contributed by atoms with E-state index in [1.165, 1.54) is 12.1 Å². The normalized spacial score (nSPS) is 10.9. The number of aromatic nitrogens is 2. The van der Waals surface area contributed by atoms with E-state index in [2.05, 4.69) is 5.10 Å². The molecule has 0 unspecified atom stereocenters. The number of alkyl halides is 3. The summed E-state index contributed by atoms with van der Waals surface area (Å²) in [6, 6.07) is 3.92. The van der Waals surface area contributed by atoms with Crippen LogP contribution in [0.1, 0.15) is 25.1 Å². The molecule has 0 saturated carbocycles. The minimum absolute atomic E-state index is 0.147. The summed E-state index contributed by atoms with van der Waals surface area (Å²) in [5.74, 6) is -0.545. The molecule has 1 aromatic carbocycles. The Labute approximate surface area is 108 Å². The van der Waals surface area contributed by atoms with Crippen LogP contribution in [0, 0.1) is 12.7 Å². The van der Waals surface area contributed by atoms with Gasteiger partial charge in [0.1, 0.15) is 11.5 Å². The fraction of sp³-hybridized carbons (Fsp3) is 0.308. The van der Waals surface area contributed by atoms with Gasteiger partial charge in [-0.25, -0.2) is 4.39 Å². The average molecular weight is 274 g/mol. The molecule has 0 fully saturated rings. The lowest BCUT2D eigenvalue weighted by molar-refractivity contribution is -0.140. The molecule has 0 radical (unpaired) electrons. The number of halogens is 4. The monoisotopic (exact) mass is 274 g/mol. The summed E-state index contributed by atoms with van der Waals surface area (Å²) in [5.41, 5.74) is -0.600. The molecule has 1 aromatic heterocycles. The molecule has 0 atom stereocenters. The Kier molecular flexibility index (Phi) is 4.69. The summed E-state index contributed by atoms with van der Waals surface area (Å²) in [6.45, 7) is 5.54. The van der Waals surface area contributed by atoms with E-state index >= 15 is 0 Å². The molecule has 0 aliphatic rings. The van der Waals surface area contributed by atoms with Gasteiger partial charge in [-0.1, -0.05) is 26.0 Å². The van der Waals surface area contributed by atoms with Crippen LogP contribution in [0.4, 0.5) is 17.6 Å². The second-order valence-electron chi connectivity index (χ2n) is 3.62. The van der Waals surface area contributed by atoms with Crippen molar-refractivity contribution in [3.63, 3.8) is 0 Å². The van der Waals surface area contributed by atoms with Gasteiger partial charge in [0, 0.05) is 5.56 Å². The van der Waals surface area contributed by atoms with Crippen LogP contribution in [0.2, 0.25) is 0 Å². The fourth-order valence-electron chi connectivity index (χ4n) is 1.48. The highest BCUT2D eigenvalue weighted by molar-refractivity contribution is 5.66. The third kappa shape index (κ3) is 3.33. The zero-order valence-electron chi connectivity index (χ0n) is 10.8. The first kappa shape index (κ1) is 15.2. The van der Waals surface area contributed by atoms with Crippen LogP contribution in [0.5, 0.6) is 0 Å². The smallest absolute Gasteiger partial charge is 0.273 e. The molecule has 0 amide bonds. The standard InChI is InChI=1S/C11H8F4N2.C2H6/c1-6-2-3-7(4-9(6)12)8-5-16-17-10(8)11(13,14)15;1-2/h2-5H,1H3,(H,16,17);1-2H3. The van der Waals surface area contributed by atoms with E-state index in [9.17, 15) is 17.6 Å². The minimum Gasteiger partial charge on any atom is -0.273 e. The Balaban J connectivity index is 0.000000861. The molecule has 19 heavy (non-hydrogen) atoms. The van der Waals surface area contributed by atoms with Crippen molar-refractivity contribution in [2.45, 2.75) is 26.9 Å². The number of aromatic amines is 1. The molecule has 0 bridgehead atoms. The lowest BCUT2D eigenvalue weighted by Crippen LogP contribution is -2.07. The highest BCUT2D eigenvalue weighted by Crippen LogP contribution is 2.35. The molecule has 0 aliphatic heterocycles. The van der Waals surface area contributed by atoms with Crippen LogP contribution in [0.25, 0.3) is 11.1 Å². The van der Waals surface area contributed by atoms with Crippen LogP contribution in [-0.4, -0.2) is 10.2 Å². The second-order valence-corrected chi connectivity index (χ2v) is 3.62. The molecular formula is C13H14F4N2. The maximum Gasteiger partial charge on any atom is 0.433 e. The molecule has 2 aromatic rings. The topological polar surface area (TPSA) is 28.7 Å². The van der Waals surface area contributed by atoms with Crippen LogP contribution in [0.15, 0.2) is 24.4 Å². The van der Waals surface area contributed by atoms with E-state index in [1.54, 1.807) is 6.92 Å². The number of hydrogen-bond donors (Lipinski definition) is 1. The minimum atomic E-state index is -4.53. The first-order valence-corrected chi connectivity index (χ1v) is 5.76. The third-order valence-electron chi connectivity index (χ3n) is 2.41. The van der Waals surface area contributed by atoms with E-state index in [0.29, 0.717) is 5.56 Å². The molecule has 1 heterocycles. The summed E-state index contributed by atoms with van der Waals surface area (Å²) in [7, 11) is 0. The van der Waals surface area contributed by atoms with Gasteiger partial charge in [-0.3, -0.25) is 5.10 Å². The third-order valence-corrected chi connectivity index (χ3v) is 2.41. The molecule has 0 saturated heterocycles. The van der Waals surface area contributed by atoms with Gasteiger partial charge < -0.3 is 0 Å². The predicted molar refractivity (Wildman–Crippen MR) is 65.1 cm³/mol. The lowest BCUT2D eigenvalue weighted by Gasteiger charge is -2.07. The number of hydrogen-bond acceptors (Lipinski definition) is 1. The van der Waals surface area contributed by atoms with Crippen molar-refractivity contribution in [2.24, 2.45) is 0 Å². The van der Waals surface area contributed by atoms with Crippen molar-refractivity contribution in [1.82, 2.24) is 10.2 Å². The summed E-state index contributed by atoms with van der Waals surface area (Å²) in [4.78, 5) is 0. The van der Waals surface area contributed by atoms with Gasteiger partial charge in [0.05, 0.1) is 6.20 Å². The van der Waals surface area contributed by atoms with E-state index in [0.717, 1.165) is 12.3 Å². The Bertz CT molecular complexity index is 544. The Morgan fingerprint density at radius 3 is 2.32 bits per heavy atom. The summed E-state index contributed by atoms with van der Waals surface area (Å²) >= 11 is 0. The molecule has 2 nitrogen and oxygen atoms in total. The molecule has 104 valence electrons.